The summed E-state index contributed by atoms with van der Waals surface area (Å²) < 4.78 is 2.77. The maximum Gasteiger partial charge on any atom is 0 e. The monoisotopic (exact) mass is 601 g/mol. The Morgan fingerprint density at radius 1 is 0.968 bits per heavy atom. The number of rotatable bonds is 6. The fourth-order valence-corrected chi connectivity index (χ4v) is 3.07. The van der Waals surface area contributed by atoms with E-state index in [1.165, 1.54) is 21.8 Å². The third kappa shape index (κ3) is 7.02. The first-order chi connectivity index (χ1) is 14.4. The SMILES string of the molecule is Cc1cc(/C=N/n2c([S-])nnc2CS)c(O)c(/C=N/n2c([S-])nnc2CS)c1.[Cl][Ni].[Ni]. The van der Waals surface area contributed by atoms with Gasteiger partial charge in [0.1, 0.15) is 5.75 Å². The number of aromatic nitrogens is 6. The topological polar surface area (TPSA) is 106 Å². The van der Waals surface area contributed by atoms with E-state index in [0.717, 1.165) is 5.56 Å². The molecule has 0 atom stereocenters. The molecule has 0 amide bonds. The number of hydrogen-bond donors (Lipinski definition) is 3. The normalized spacial score (nSPS) is 10.9. The quantitative estimate of drug-likeness (QED) is 0.171. The molecule has 0 bridgehead atoms. The predicted octanol–water partition coefficient (Wildman–Crippen LogP) is 2.00. The van der Waals surface area contributed by atoms with E-state index < -0.39 is 0 Å². The van der Waals surface area contributed by atoms with Crippen molar-refractivity contribution < 1.29 is 36.2 Å². The largest absolute Gasteiger partial charge is 0 e. The molecule has 0 aliphatic carbocycles. The van der Waals surface area contributed by atoms with Gasteiger partial charge in [0.2, 0.25) is 0 Å². The second kappa shape index (κ2) is 13.6. The number of phenols is 1. The number of benzene rings is 1. The third-order valence-electron chi connectivity index (χ3n) is 3.57. The Balaban J connectivity index is 0.00000156. The van der Waals surface area contributed by atoms with E-state index in [-0.39, 0.29) is 32.6 Å². The molecule has 173 valence electrons. The van der Waals surface area contributed by atoms with Crippen LogP contribution in [0.3, 0.4) is 0 Å². The van der Waals surface area contributed by atoms with Gasteiger partial charge in [-0.1, -0.05) is 0 Å². The molecule has 2 aromatic heterocycles. The minimum Gasteiger partial charge on any atom is 0 e. The van der Waals surface area contributed by atoms with Crippen LogP contribution in [0.15, 0.2) is 32.6 Å². The second-order valence-corrected chi connectivity index (χ2v) is 6.88. The van der Waals surface area contributed by atoms with Crippen LogP contribution in [0, 0.1) is 6.92 Å². The Morgan fingerprint density at radius 3 is 1.71 bits per heavy atom. The smallest absolute Gasteiger partial charge is 0 e. The van der Waals surface area contributed by atoms with Crippen molar-refractivity contribution in [3.05, 3.63) is 40.5 Å². The van der Waals surface area contributed by atoms with Crippen LogP contribution in [0.4, 0.5) is 0 Å². The van der Waals surface area contributed by atoms with Gasteiger partial charge in [-0.3, -0.25) is 0 Å². The van der Waals surface area contributed by atoms with Crippen LogP contribution < -0.4 is 0 Å². The zero-order valence-electron chi connectivity index (χ0n) is 15.5. The molecule has 2 heterocycles. The van der Waals surface area contributed by atoms with Crippen LogP contribution in [0.2, 0.25) is 0 Å². The van der Waals surface area contributed by atoms with E-state index in [2.05, 4.69) is 80.6 Å². The average molecular weight is 603 g/mol. The van der Waals surface area contributed by atoms with E-state index in [9.17, 15) is 5.11 Å². The predicted molar refractivity (Wildman–Crippen MR) is 121 cm³/mol. The van der Waals surface area contributed by atoms with Gasteiger partial charge >= 0.3 is 24.8 Å². The van der Waals surface area contributed by atoms with Crippen molar-refractivity contribution in [2.45, 2.75) is 28.7 Å². The molecule has 0 radical (unpaired) electrons. The zero-order chi connectivity index (χ0) is 22.3. The van der Waals surface area contributed by atoms with Crippen LogP contribution in [0.25, 0.3) is 0 Å². The molecule has 3 rings (SSSR count). The fraction of sp³-hybridized carbons (Fsp3) is 0.200. The van der Waals surface area contributed by atoms with Gasteiger partial charge in [-0.25, -0.2) is 9.35 Å². The van der Waals surface area contributed by atoms with Gasteiger partial charge in [0.15, 0.2) is 11.6 Å². The Kier molecular flexibility index (Phi) is 12.3. The molecular formula is C15H14ClN8Ni2OS4-2. The van der Waals surface area contributed by atoms with E-state index in [4.69, 9.17) is 25.3 Å². The van der Waals surface area contributed by atoms with Crippen molar-refractivity contribution in [1.82, 2.24) is 29.7 Å². The molecule has 9 nitrogen and oxygen atoms in total. The van der Waals surface area contributed by atoms with Crippen molar-refractivity contribution in [2.24, 2.45) is 10.2 Å². The second-order valence-electron chi connectivity index (χ2n) is 5.52. The molecule has 0 unspecified atom stereocenters. The maximum atomic E-state index is 10.6. The summed E-state index contributed by atoms with van der Waals surface area (Å²) in [6.07, 6.45) is 2.95. The third-order valence-corrected chi connectivity index (χ3v) is 4.65. The Morgan fingerprint density at radius 2 is 1.35 bits per heavy atom. The van der Waals surface area contributed by atoms with Gasteiger partial charge < -0.3 is 30.4 Å². The molecular weight excluding hydrogens is 589 g/mol. The van der Waals surface area contributed by atoms with Crippen LogP contribution >= 0.6 is 35.5 Å². The van der Waals surface area contributed by atoms with E-state index in [1.807, 2.05) is 6.92 Å². The number of thiol groups is 2. The Bertz CT molecular complexity index is 996. The van der Waals surface area contributed by atoms with Gasteiger partial charge in [0.05, 0.1) is 23.9 Å². The molecule has 3 aromatic rings. The van der Waals surface area contributed by atoms with Crippen LogP contribution in [0.5, 0.6) is 5.75 Å². The van der Waals surface area contributed by atoms with Gasteiger partial charge in [-0.2, -0.15) is 45.7 Å². The number of aryl methyl sites for hydroxylation is 1. The van der Waals surface area contributed by atoms with Crippen molar-refractivity contribution >= 4 is 73.1 Å². The van der Waals surface area contributed by atoms with Crippen LogP contribution in [-0.2, 0) is 67.8 Å². The summed E-state index contributed by atoms with van der Waals surface area (Å²) in [6, 6.07) is 3.56. The van der Waals surface area contributed by atoms with Crippen molar-refractivity contribution in [3.8, 4) is 5.75 Å². The molecule has 1 N–H and O–H groups in total. The minimum atomic E-state index is -0.00377. The molecule has 0 spiro atoms. The average Bonchev–Trinajstić information content (AvgIpc) is 3.30. The first-order valence-electron chi connectivity index (χ1n) is 7.93. The molecule has 1 aromatic carbocycles. The van der Waals surface area contributed by atoms with Crippen LogP contribution in [-0.4, -0.2) is 47.3 Å². The van der Waals surface area contributed by atoms with E-state index in [1.54, 1.807) is 12.1 Å². The number of nitrogens with zero attached hydrogens (tertiary/aromatic N) is 8. The first-order valence-corrected chi connectivity index (χ1v) is 11.4. The number of aromatic hydroxyl groups is 1. The molecule has 0 aliphatic rings. The summed E-state index contributed by atoms with van der Waals surface area (Å²) in [5.41, 5.74) is 1.85. The van der Waals surface area contributed by atoms with E-state index >= 15 is 0 Å². The number of halogens is 1. The summed E-state index contributed by atoms with van der Waals surface area (Å²) in [6.45, 7) is 1.89. The summed E-state index contributed by atoms with van der Waals surface area (Å²) in [5, 5.41) is 34.9. The summed E-state index contributed by atoms with van der Waals surface area (Å²) >= 11 is 21.9. The summed E-state index contributed by atoms with van der Waals surface area (Å²) in [5.74, 6) is 1.66. The summed E-state index contributed by atoms with van der Waals surface area (Å²) in [7, 11) is 4.26. The Labute approximate surface area is 222 Å². The van der Waals surface area contributed by atoms with Gasteiger partial charge in [-0.15, -0.1) is 10.2 Å². The van der Waals surface area contributed by atoms with Crippen molar-refractivity contribution in [3.63, 3.8) is 0 Å². The van der Waals surface area contributed by atoms with Crippen molar-refractivity contribution in [1.29, 1.82) is 0 Å². The first kappa shape index (κ1) is 28.1. The number of phenolic OH excluding ortho intramolecular Hbond substituents is 1. The van der Waals surface area contributed by atoms with E-state index in [0.29, 0.717) is 34.3 Å². The molecule has 0 saturated heterocycles. The zero-order valence-corrected chi connectivity index (χ0v) is 21.6. The van der Waals surface area contributed by atoms with Crippen LogP contribution in [0.1, 0.15) is 28.3 Å². The minimum absolute atomic E-state index is 0. The Hall–Kier alpha value is -0.943. The fourth-order valence-electron chi connectivity index (χ4n) is 2.29. The standard InChI is InChI=1S/C15H16N8OS4.ClH.2Ni/c1-8-2-9(4-16-22-11(6-25)18-20-14(22)27)13(24)10(3-8)5-17-23-12(7-26)19-21-15(23)28;;;/h2-5,24-26H,6-7H2,1H3,(H,20,27)(H,21,28);1H;;/q;;;+1/p-3/b16-4+,17-5+;;;. The molecule has 0 aliphatic heterocycles. The van der Waals surface area contributed by atoms with Gasteiger partial charge in [-0.05, 0) is 24.6 Å². The molecule has 0 fully saturated rings. The summed E-state index contributed by atoms with van der Waals surface area (Å²) in [4.78, 5) is 0. The van der Waals surface area contributed by atoms with Gasteiger partial charge in [0.25, 0.3) is 0 Å². The maximum absolute atomic E-state index is 10.6. The van der Waals surface area contributed by atoms with Crippen molar-refractivity contribution in [2.75, 3.05) is 0 Å². The molecule has 31 heavy (non-hydrogen) atoms. The van der Waals surface area contributed by atoms with Gasteiger partial charge in [0, 0.05) is 37.9 Å². The molecule has 16 heteroatoms. The number of hydrogen-bond acceptors (Lipinski definition) is 11. The molecule has 0 saturated carbocycles.